The van der Waals surface area contributed by atoms with Crippen LogP contribution in [0.3, 0.4) is 0 Å². The van der Waals surface area contributed by atoms with Crippen LogP contribution in [0.15, 0.2) is 30.5 Å². The molecule has 2 N–H and O–H groups in total. The lowest BCUT2D eigenvalue weighted by molar-refractivity contribution is -0.122. The lowest BCUT2D eigenvalue weighted by Crippen LogP contribution is -2.40. The van der Waals surface area contributed by atoms with Crippen LogP contribution in [0.4, 0.5) is 0 Å². The molecule has 0 radical (unpaired) electrons. The van der Waals surface area contributed by atoms with E-state index in [0.717, 1.165) is 12.1 Å². The molecule has 0 saturated heterocycles. The van der Waals surface area contributed by atoms with E-state index in [1.807, 2.05) is 18.2 Å². The highest BCUT2D eigenvalue weighted by molar-refractivity contribution is 5.85. The molecule has 1 atom stereocenters. The second-order valence-corrected chi connectivity index (χ2v) is 3.70. The molecule has 2 heterocycles. The number of nitriles is 1. The largest absolute Gasteiger partial charge is 0.350 e. The zero-order valence-electron chi connectivity index (χ0n) is 9.59. The quantitative estimate of drug-likeness (QED) is 0.781. The molecule has 1 aliphatic rings. The van der Waals surface area contributed by atoms with E-state index in [9.17, 15) is 4.79 Å². The Bertz CT molecular complexity index is 478. The van der Waals surface area contributed by atoms with Gasteiger partial charge in [-0.1, -0.05) is 18.2 Å². The number of amides is 1. The molecular weight excluding hydrogens is 252 g/mol. The van der Waals surface area contributed by atoms with Crippen LogP contribution in [0, 0.1) is 11.3 Å². The first kappa shape index (κ1) is 14.2. The summed E-state index contributed by atoms with van der Waals surface area (Å²) in [5.41, 5.74) is 1.25. The topological polar surface area (TPSA) is 77.8 Å². The Hall–Kier alpha value is -1.90. The Morgan fingerprint density at radius 1 is 1.61 bits per heavy atom. The van der Waals surface area contributed by atoms with E-state index >= 15 is 0 Å². The normalized spacial score (nSPS) is 16.7. The zero-order chi connectivity index (χ0) is 12.1. The second kappa shape index (κ2) is 6.74. The summed E-state index contributed by atoms with van der Waals surface area (Å²) in [5.74, 6) is -0.0527. The smallest absolute Gasteiger partial charge is 0.241 e. The van der Waals surface area contributed by atoms with Gasteiger partial charge in [0.2, 0.25) is 5.91 Å². The van der Waals surface area contributed by atoms with Crippen LogP contribution in [0.5, 0.6) is 0 Å². The van der Waals surface area contributed by atoms with Crippen molar-refractivity contribution >= 4 is 18.3 Å². The van der Waals surface area contributed by atoms with Gasteiger partial charge in [0.15, 0.2) is 0 Å². The Labute approximate surface area is 111 Å². The summed E-state index contributed by atoms with van der Waals surface area (Å²) in [7, 11) is 0. The molecule has 0 aromatic carbocycles. The van der Waals surface area contributed by atoms with Gasteiger partial charge in [-0.05, 0) is 11.6 Å². The predicted molar refractivity (Wildman–Crippen MR) is 69.0 cm³/mol. The van der Waals surface area contributed by atoms with Crippen molar-refractivity contribution in [1.29, 1.82) is 5.26 Å². The van der Waals surface area contributed by atoms with Crippen molar-refractivity contribution in [2.45, 2.75) is 12.6 Å². The lowest BCUT2D eigenvalue weighted by atomic mass is 10.2. The van der Waals surface area contributed by atoms with Crippen molar-refractivity contribution in [3.8, 4) is 6.07 Å². The molecule has 0 unspecified atom stereocenters. The number of hydrogen-bond donors (Lipinski definition) is 2. The maximum absolute atomic E-state index is 11.6. The molecule has 0 aliphatic carbocycles. The number of nitrogens with one attached hydrogen (secondary N) is 2. The summed E-state index contributed by atoms with van der Waals surface area (Å²) < 4.78 is 0. The standard InChI is InChI=1S/C12H12N4O.ClH/c13-6-10-4-3-9(7-15-10)8-16-12(17)11-2-1-5-14-11;/h1-4,7,11,14H,5,8H2,(H,16,17);1H/t11-;/m0./s1. The number of pyridine rings is 1. The molecule has 94 valence electrons. The van der Waals surface area contributed by atoms with E-state index in [-0.39, 0.29) is 24.4 Å². The minimum absolute atomic E-state index is 0. The SMILES string of the molecule is Cl.N#Cc1ccc(CNC(=O)[C@@H]2C=CCN2)cn1. The van der Waals surface area contributed by atoms with Gasteiger partial charge < -0.3 is 5.32 Å². The van der Waals surface area contributed by atoms with E-state index < -0.39 is 0 Å². The maximum Gasteiger partial charge on any atom is 0.241 e. The van der Waals surface area contributed by atoms with Crippen molar-refractivity contribution in [3.63, 3.8) is 0 Å². The average molecular weight is 265 g/mol. The van der Waals surface area contributed by atoms with E-state index in [4.69, 9.17) is 5.26 Å². The number of carbonyl (C=O) groups is 1. The van der Waals surface area contributed by atoms with E-state index in [0.29, 0.717) is 12.2 Å². The Morgan fingerprint density at radius 2 is 2.44 bits per heavy atom. The number of carbonyl (C=O) groups excluding carboxylic acids is 1. The highest BCUT2D eigenvalue weighted by atomic mass is 35.5. The first-order valence-corrected chi connectivity index (χ1v) is 5.32. The summed E-state index contributed by atoms with van der Waals surface area (Å²) in [6.45, 7) is 1.15. The van der Waals surface area contributed by atoms with E-state index in [1.54, 1.807) is 18.3 Å². The molecule has 0 spiro atoms. The average Bonchev–Trinajstić information content (AvgIpc) is 2.90. The molecule has 18 heavy (non-hydrogen) atoms. The van der Waals surface area contributed by atoms with Crippen molar-refractivity contribution in [3.05, 3.63) is 41.7 Å². The first-order valence-electron chi connectivity index (χ1n) is 5.32. The number of hydrogen-bond acceptors (Lipinski definition) is 4. The van der Waals surface area contributed by atoms with Crippen LogP contribution in [0.2, 0.25) is 0 Å². The van der Waals surface area contributed by atoms with Gasteiger partial charge in [0.1, 0.15) is 17.8 Å². The van der Waals surface area contributed by atoms with Gasteiger partial charge >= 0.3 is 0 Å². The van der Waals surface area contributed by atoms with Gasteiger partial charge in [-0.15, -0.1) is 12.4 Å². The molecule has 0 saturated carbocycles. The number of halogens is 1. The molecule has 1 aliphatic heterocycles. The van der Waals surface area contributed by atoms with Crippen LogP contribution in [-0.2, 0) is 11.3 Å². The van der Waals surface area contributed by atoms with Crippen LogP contribution in [0.1, 0.15) is 11.3 Å². The van der Waals surface area contributed by atoms with Gasteiger partial charge in [-0.25, -0.2) is 4.98 Å². The predicted octanol–water partition coefficient (Wildman–Crippen LogP) is 0.519. The number of rotatable bonds is 3. The summed E-state index contributed by atoms with van der Waals surface area (Å²) in [5, 5.41) is 14.4. The van der Waals surface area contributed by atoms with Crippen LogP contribution < -0.4 is 10.6 Å². The summed E-state index contributed by atoms with van der Waals surface area (Å²) in [4.78, 5) is 15.6. The lowest BCUT2D eigenvalue weighted by Gasteiger charge is -2.09. The molecule has 5 nitrogen and oxygen atoms in total. The zero-order valence-corrected chi connectivity index (χ0v) is 10.4. The van der Waals surface area contributed by atoms with Gasteiger partial charge in [0.25, 0.3) is 0 Å². The monoisotopic (exact) mass is 264 g/mol. The molecule has 1 aromatic rings. The van der Waals surface area contributed by atoms with Crippen molar-refractivity contribution in [2.24, 2.45) is 0 Å². The molecule has 1 amide bonds. The minimum atomic E-state index is -0.235. The third kappa shape index (κ3) is 3.55. The van der Waals surface area contributed by atoms with Crippen molar-refractivity contribution in [2.75, 3.05) is 6.54 Å². The second-order valence-electron chi connectivity index (χ2n) is 3.70. The Kier molecular flexibility index (Phi) is 5.31. The Morgan fingerprint density at radius 3 is 3.00 bits per heavy atom. The highest BCUT2D eigenvalue weighted by Gasteiger charge is 2.16. The van der Waals surface area contributed by atoms with Crippen LogP contribution in [-0.4, -0.2) is 23.5 Å². The third-order valence-corrected chi connectivity index (χ3v) is 2.47. The summed E-state index contributed by atoms with van der Waals surface area (Å²) in [6, 6.07) is 5.13. The van der Waals surface area contributed by atoms with Gasteiger partial charge in [0, 0.05) is 19.3 Å². The molecule has 1 aromatic heterocycles. The molecule has 6 heteroatoms. The molecule has 2 rings (SSSR count). The van der Waals surface area contributed by atoms with Gasteiger partial charge in [-0.3, -0.25) is 10.1 Å². The van der Waals surface area contributed by atoms with Crippen LogP contribution >= 0.6 is 12.4 Å². The highest BCUT2D eigenvalue weighted by Crippen LogP contribution is 2.00. The van der Waals surface area contributed by atoms with Gasteiger partial charge in [-0.2, -0.15) is 5.26 Å². The first-order chi connectivity index (χ1) is 8.29. The Balaban J connectivity index is 0.00000162. The van der Waals surface area contributed by atoms with Gasteiger partial charge in [0.05, 0.1) is 0 Å². The fraction of sp³-hybridized carbons (Fsp3) is 0.250. The van der Waals surface area contributed by atoms with Crippen molar-refractivity contribution < 1.29 is 4.79 Å². The molecule has 0 fully saturated rings. The van der Waals surface area contributed by atoms with E-state index in [1.165, 1.54) is 0 Å². The third-order valence-electron chi connectivity index (χ3n) is 2.47. The van der Waals surface area contributed by atoms with Crippen molar-refractivity contribution in [1.82, 2.24) is 15.6 Å². The number of aromatic nitrogens is 1. The fourth-order valence-electron chi connectivity index (χ4n) is 1.54. The summed E-state index contributed by atoms with van der Waals surface area (Å²) >= 11 is 0. The summed E-state index contributed by atoms with van der Waals surface area (Å²) in [6.07, 6.45) is 5.36. The van der Waals surface area contributed by atoms with Crippen LogP contribution in [0.25, 0.3) is 0 Å². The van der Waals surface area contributed by atoms with E-state index in [2.05, 4.69) is 15.6 Å². The molecule has 0 bridgehead atoms. The minimum Gasteiger partial charge on any atom is -0.350 e. The molecular formula is C12H13ClN4O. The fourth-order valence-corrected chi connectivity index (χ4v) is 1.54. The number of nitrogens with zero attached hydrogens (tertiary/aromatic N) is 2. The maximum atomic E-state index is 11.6.